The molecule has 4 aromatic carbocycles. The van der Waals surface area contributed by atoms with Crippen LogP contribution in [0.1, 0.15) is 18.9 Å². The van der Waals surface area contributed by atoms with Crippen molar-refractivity contribution >= 4 is 44.2 Å². The average Bonchev–Trinajstić information content (AvgIpc) is 3.13. The van der Waals surface area contributed by atoms with Gasteiger partial charge in [-0.15, -0.1) is 0 Å². The van der Waals surface area contributed by atoms with E-state index in [0.717, 1.165) is 45.3 Å². The summed E-state index contributed by atoms with van der Waals surface area (Å²) in [5.41, 5.74) is 4.02. The third-order valence-corrected chi connectivity index (χ3v) is 5.29. The molecule has 0 radical (unpaired) electrons. The number of oxazole rings is 1. The van der Waals surface area contributed by atoms with Gasteiger partial charge in [0.05, 0.1) is 0 Å². The summed E-state index contributed by atoms with van der Waals surface area (Å²) in [6.45, 7) is 2.21. The standard InChI is InChI=1S/C24H18ClNO/c1-2-6-16-13-17-9-10-18(25)14-20(17)22-19(16)11-12-21-23(22)27-24(26-21)15-7-4-3-5-8-15/h3-5,7-14H,2,6H2,1H3. The molecular weight excluding hydrogens is 354 g/mol. The second-order valence-electron chi connectivity index (χ2n) is 6.87. The van der Waals surface area contributed by atoms with E-state index in [9.17, 15) is 0 Å². The van der Waals surface area contributed by atoms with Gasteiger partial charge in [-0.25, -0.2) is 4.98 Å². The third-order valence-electron chi connectivity index (χ3n) is 5.06. The van der Waals surface area contributed by atoms with Crippen LogP contribution in [-0.4, -0.2) is 4.98 Å². The summed E-state index contributed by atoms with van der Waals surface area (Å²) in [4.78, 5) is 4.74. The Bertz CT molecular complexity index is 1290. The zero-order valence-electron chi connectivity index (χ0n) is 15.0. The Labute approximate surface area is 162 Å². The van der Waals surface area contributed by atoms with Gasteiger partial charge in [0.2, 0.25) is 5.89 Å². The van der Waals surface area contributed by atoms with Gasteiger partial charge in [-0.05, 0) is 58.5 Å². The van der Waals surface area contributed by atoms with Gasteiger partial charge in [-0.2, -0.15) is 0 Å². The van der Waals surface area contributed by atoms with Gasteiger partial charge in [0.1, 0.15) is 5.52 Å². The van der Waals surface area contributed by atoms with Crippen molar-refractivity contribution in [3.05, 3.63) is 77.3 Å². The molecule has 0 amide bonds. The topological polar surface area (TPSA) is 26.0 Å². The number of aryl methyl sites for hydroxylation is 1. The molecule has 0 unspecified atom stereocenters. The van der Waals surface area contributed by atoms with Gasteiger partial charge >= 0.3 is 0 Å². The molecule has 0 aliphatic carbocycles. The normalized spacial score (nSPS) is 11.6. The zero-order chi connectivity index (χ0) is 18.4. The number of halogens is 1. The maximum absolute atomic E-state index is 6.33. The first-order chi connectivity index (χ1) is 13.2. The van der Waals surface area contributed by atoms with Crippen LogP contribution in [0.4, 0.5) is 0 Å². The molecule has 0 N–H and O–H groups in total. The molecule has 132 valence electrons. The molecule has 2 nitrogen and oxygen atoms in total. The van der Waals surface area contributed by atoms with Crippen molar-refractivity contribution in [1.82, 2.24) is 4.98 Å². The first-order valence-electron chi connectivity index (χ1n) is 9.24. The Morgan fingerprint density at radius 1 is 0.926 bits per heavy atom. The number of hydrogen-bond donors (Lipinski definition) is 0. The summed E-state index contributed by atoms with van der Waals surface area (Å²) < 4.78 is 6.29. The largest absolute Gasteiger partial charge is 0.435 e. The summed E-state index contributed by atoms with van der Waals surface area (Å²) in [5, 5.41) is 5.34. The number of benzene rings is 4. The molecule has 0 spiro atoms. The van der Waals surface area contributed by atoms with Crippen LogP contribution in [-0.2, 0) is 6.42 Å². The van der Waals surface area contributed by atoms with Crippen molar-refractivity contribution in [3.8, 4) is 11.5 Å². The lowest BCUT2D eigenvalue weighted by Gasteiger charge is -2.10. The highest BCUT2D eigenvalue weighted by molar-refractivity contribution is 6.32. The van der Waals surface area contributed by atoms with E-state index in [4.69, 9.17) is 21.0 Å². The smallest absolute Gasteiger partial charge is 0.227 e. The summed E-state index contributed by atoms with van der Waals surface area (Å²) >= 11 is 6.33. The maximum atomic E-state index is 6.33. The third kappa shape index (κ3) is 2.68. The minimum Gasteiger partial charge on any atom is -0.435 e. The van der Waals surface area contributed by atoms with Crippen LogP contribution in [0.15, 0.2) is 71.1 Å². The molecule has 1 aromatic heterocycles. The van der Waals surface area contributed by atoms with Gasteiger partial charge in [0, 0.05) is 16.0 Å². The molecule has 27 heavy (non-hydrogen) atoms. The van der Waals surface area contributed by atoms with Crippen LogP contribution < -0.4 is 0 Å². The molecule has 0 saturated carbocycles. The molecule has 0 aliphatic heterocycles. The fourth-order valence-electron chi connectivity index (χ4n) is 3.84. The van der Waals surface area contributed by atoms with E-state index >= 15 is 0 Å². The molecular formula is C24H18ClNO. The second-order valence-corrected chi connectivity index (χ2v) is 7.31. The lowest BCUT2D eigenvalue weighted by atomic mass is 9.94. The van der Waals surface area contributed by atoms with E-state index in [1.807, 2.05) is 42.5 Å². The molecule has 0 saturated heterocycles. The number of nitrogens with zero attached hydrogens (tertiary/aromatic N) is 1. The minimum absolute atomic E-state index is 0.647. The predicted octanol–water partition coefficient (Wildman–Crippen LogP) is 7.41. The van der Waals surface area contributed by atoms with Crippen LogP contribution in [0, 0.1) is 0 Å². The lowest BCUT2D eigenvalue weighted by Crippen LogP contribution is -1.89. The Morgan fingerprint density at radius 2 is 1.78 bits per heavy atom. The highest BCUT2D eigenvalue weighted by Crippen LogP contribution is 2.37. The quantitative estimate of drug-likeness (QED) is 0.308. The molecule has 0 atom stereocenters. The van der Waals surface area contributed by atoms with Crippen LogP contribution in [0.5, 0.6) is 0 Å². The van der Waals surface area contributed by atoms with Crippen LogP contribution >= 0.6 is 11.6 Å². The SMILES string of the molecule is CCCc1cc2ccc(Cl)cc2c2c1ccc1nc(-c3ccccc3)oc12. The van der Waals surface area contributed by atoms with E-state index in [1.165, 1.54) is 16.3 Å². The van der Waals surface area contributed by atoms with Crippen molar-refractivity contribution in [2.45, 2.75) is 19.8 Å². The number of aromatic nitrogens is 1. The minimum atomic E-state index is 0.647. The highest BCUT2D eigenvalue weighted by Gasteiger charge is 2.15. The molecule has 1 heterocycles. The van der Waals surface area contributed by atoms with Crippen molar-refractivity contribution in [2.75, 3.05) is 0 Å². The summed E-state index contributed by atoms with van der Waals surface area (Å²) in [6, 6.07) is 22.6. The first-order valence-corrected chi connectivity index (χ1v) is 9.62. The zero-order valence-corrected chi connectivity index (χ0v) is 15.8. The monoisotopic (exact) mass is 371 g/mol. The van der Waals surface area contributed by atoms with Crippen LogP contribution in [0.25, 0.3) is 44.1 Å². The molecule has 0 fully saturated rings. The van der Waals surface area contributed by atoms with E-state index in [1.54, 1.807) is 0 Å². The Morgan fingerprint density at radius 3 is 2.59 bits per heavy atom. The molecule has 0 bridgehead atoms. The summed E-state index contributed by atoms with van der Waals surface area (Å²) in [5.74, 6) is 0.647. The number of rotatable bonds is 3. The fourth-order valence-corrected chi connectivity index (χ4v) is 4.02. The molecule has 5 aromatic rings. The van der Waals surface area contributed by atoms with Crippen LogP contribution in [0.3, 0.4) is 0 Å². The van der Waals surface area contributed by atoms with Crippen LogP contribution in [0.2, 0.25) is 5.02 Å². The van der Waals surface area contributed by atoms with E-state index < -0.39 is 0 Å². The van der Waals surface area contributed by atoms with Gasteiger partial charge in [-0.3, -0.25) is 0 Å². The Kier molecular flexibility index (Phi) is 3.87. The van der Waals surface area contributed by atoms with E-state index in [-0.39, 0.29) is 0 Å². The first kappa shape index (κ1) is 16.3. The molecule has 5 rings (SSSR count). The van der Waals surface area contributed by atoms with Gasteiger partial charge < -0.3 is 4.42 Å². The Balaban J connectivity index is 1.92. The Hall–Kier alpha value is -2.84. The lowest BCUT2D eigenvalue weighted by molar-refractivity contribution is 0.623. The van der Waals surface area contributed by atoms with E-state index in [0.29, 0.717) is 5.89 Å². The molecule has 3 heteroatoms. The van der Waals surface area contributed by atoms with Crippen molar-refractivity contribution in [2.24, 2.45) is 0 Å². The maximum Gasteiger partial charge on any atom is 0.227 e. The summed E-state index contributed by atoms with van der Waals surface area (Å²) in [7, 11) is 0. The predicted molar refractivity (Wildman–Crippen MR) is 113 cm³/mol. The fraction of sp³-hybridized carbons (Fsp3) is 0.125. The van der Waals surface area contributed by atoms with E-state index in [2.05, 4.69) is 31.2 Å². The van der Waals surface area contributed by atoms with Gasteiger partial charge in [-0.1, -0.05) is 61.3 Å². The second kappa shape index (κ2) is 6.40. The van der Waals surface area contributed by atoms with Gasteiger partial charge in [0.25, 0.3) is 0 Å². The number of hydrogen-bond acceptors (Lipinski definition) is 2. The molecule has 0 aliphatic rings. The highest BCUT2D eigenvalue weighted by atomic mass is 35.5. The van der Waals surface area contributed by atoms with Crippen molar-refractivity contribution in [3.63, 3.8) is 0 Å². The average molecular weight is 372 g/mol. The van der Waals surface area contributed by atoms with Gasteiger partial charge in [0.15, 0.2) is 5.58 Å². The number of fused-ring (bicyclic) bond motifs is 5. The van der Waals surface area contributed by atoms with Crippen molar-refractivity contribution in [1.29, 1.82) is 0 Å². The summed E-state index contributed by atoms with van der Waals surface area (Å²) in [6.07, 6.45) is 2.12. The van der Waals surface area contributed by atoms with Crippen molar-refractivity contribution < 1.29 is 4.42 Å².